The topological polar surface area (TPSA) is 97.5 Å². The van der Waals surface area contributed by atoms with Crippen molar-refractivity contribution in [2.45, 2.75) is 32.9 Å². The van der Waals surface area contributed by atoms with Crippen molar-refractivity contribution in [3.63, 3.8) is 0 Å². The highest BCUT2D eigenvalue weighted by Crippen LogP contribution is 2.31. The second-order valence-electron chi connectivity index (χ2n) is 7.80. The first kappa shape index (κ1) is 20.6. The van der Waals surface area contributed by atoms with E-state index < -0.39 is 5.60 Å². The number of hydrogen-bond donors (Lipinski definition) is 2. The van der Waals surface area contributed by atoms with Crippen LogP contribution < -0.4 is 10.1 Å². The Morgan fingerprint density at radius 1 is 1.13 bits per heavy atom. The summed E-state index contributed by atoms with van der Waals surface area (Å²) < 4.78 is 11.3. The Morgan fingerprint density at radius 2 is 1.90 bits per heavy atom. The number of para-hydroxylation sites is 1. The zero-order valence-corrected chi connectivity index (χ0v) is 17.5. The summed E-state index contributed by atoms with van der Waals surface area (Å²) in [5.74, 6) is 0.308. The van der Waals surface area contributed by atoms with Gasteiger partial charge in [-0.2, -0.15) is 0 Å². The molecule has 4 rings (SSSR count). The Labute approximate surface area is 179 Å². The highest BCUT2D eigenvalue weighted by molar-refractivity contribution is 5.96. The van der Waals surface area contributed by atoms with Crippen molar-refractivity contribution in [2.24, 2.45) is 0 Å². The van der Waals surface area contributed by atoms with Gasteiger partial charge in [0.05, 0.1) is 11.3 Å². The van der Waals surface area contributed by atoms with Crippen LogP contribution >= 0.6 is 0 Å². The van der Waals surface area contributed by atoms with E-state index >= 15 is 0 Å². The van der Waals surface area contributed by atoms with Gasteiger partial charge >= 0.3 is 0 Å². The summed E-state index contributed by atoms with van der Waals surface area (Å²) in [5.41, 5.74) is 2.38. The van der Waals surface area contributed by atoms with E-state index in [1.165, 1.54) is 0 Å². The number of carbonyl (C=O) groups is 1. The minimum Gasteiger partial charge on any atom is -0.434 e. The molecule has 0 bridgehead atoms. The molecule has 0 aliphatic heterocycles. The second-order valence-corrected chi connectivity index (χ2v) is 7.80. The van der Waals surface area contributed by atoms with Crippen LogP contribution in [-0.2, 0) is 12.1 Å². The smallest absolute Gasteiger partial charge is 0.257 e. The Hall–Kier alpha value is -3.71. The SMILES string of the molecule is Cc1noc2c(Oc3ncccc3C(=O)NCc3ccc(C(C)(C)O)cc3)cccc12. The van der Waals surface area contributed by atoms with Crippen LogP contribution in [0.15, 0.2) is 65.3 Å². The number of aryl methyl sites for hydroxylation is 1. The third kappa shape index (κ3) is 4.41. The van der Waals surface area contributed by atoms with Crippen molar-refractivity contribution in [3.05, 3.63) is 83.2 Å². The molecule has 2 N–H and O–H groups in total. The first-order chi connectivity index (χ1) is 14.8. The van der Waals surface area contributed by atoms with Gasteiger partial charge in [0.1, 0.15) is 5.56 Å². The van der Waals surface area contributed by atoms with Crippen LogP contribution in [-0.4, -0.2) is 21.2 Å². The molecule has 0 unspecified atom stereocenters. The van der Waals surface area contributed by atoms with Crippen LogP contribution in [0.4, 0.5) is 0 Å². The Bertz CT molecular complexity index is 1220. The molecule has 0 aliphatic carbocycles. The number of amides is 1. The first-order valence-electron chi connectivity index (χ1n) is 9.91. The van der Waals surface area contributed by atoms with Crippen LogP contribution in [0.5, 0.6) is 11.6 Å². The van der Waals surface area contributed by atoms with Gasteiger partial charge in [0, 0.05) is 18.1 Å². The summed E-state index contributed by atoms with van der Waals surface area (Å²) in [6.07, 6.45) is 1.56. The normalized spacial score (nSPS) is 11.5. The molecule has 7 heteroatoms. The number of fused-ring (bicyclic) bond motifs is 1. The highest BCUT2D eigenvalue weighted by Gasteiger charge is 2.18. The number of carbonyl (C=O) groups excluding carboxylic acids is 1. The maximum atomic E-state index is 12.8. The van der Waals surface area contributed by atoms with Gasteiger partial charge in [-0.1, -0.05) is 35.5 Å². The number of nitrogens with zero attached hydrogens (tertiary/aromatic N) is 2. The lowest BCUT2D eigenvalue weighted by Crippen LogP contribution is -2.23. The lowest BCUT2D eigenvalue weighted by atomic mass is 9.97. The lowest BCUT2D eigenvalue weighted by molar-refractivity contribution is 0.0785. The van der Waals surface area contributed by atoms with Crippen molar-refractivity contribution < 1.29 is 19.2 Å². The molecule has 0 spiro atoms. The van der Waals surface area contributed by atoms with Crippen LogP contribution in [0.3, 0.4) is 0 Å². The third-order valence-corrected chi connectivity index (χ3v) is 4.98. The van der Waals surface area contributed by atoms with Gasteiger partial charge in [-0.05, 0) is 56.2 Å². The molecule has 1 amide bonds. The van der Waals surface area contributed by atoms with Crippen LogP contribution in [0.1, 0.15) is 41.0 Å². The van der Waals surface area contributed by atoms with E-state index in [0.717, 1.165) is 22.2 Å². The fourth-order valence-electron chi connectivity index (χ4n) is 3.20. The summed E-state index contributed by atoms with van der Waals surface area (Å²) in [7, 11) is 0. The summed E-state index contributed by atoms with van der Waals surface area (Å²) in [6, 6.07) is 16.3. The molecule has 0 saturated heterocycles. The fraction of sp³-hybridized carbons (Fsp3) is 0.208. The molecular weight excluding hydrogens is 394 g/mol. The zero-order valence-electron chi connectivity index (χ0n) is 17.5. The lowest BCUT2D eigenvalue weighted by Gasteiger charge is -2.18. The predicted octanol–water partition coefficient (Wildman–Crippen LogP) is 4.48. The quantitative estimate of drug-likeness (QED) is 0.480. The Kier molecular flexibility index (Phi) is 5.44. The fourth-order valence-corrected chi connectivity index (χ4v) is 3.20. The number of nitrogens with one attached hydrogen (secondary N) is 1. The third-order valence-electron chi connectivity index (χ3n) is 4.98. The first-order valence-corrected chi connectivity index (χ1v) is 9.91. The minimum atomic E-state index is -0.908. The van der Waals surface area contributed by atoms with E-state index in [0.29, 0.717) is 23.4 Å². The molecule has 0 aliphatic rings. The van der Waals surface area contributed by atoms with E-state index in [9.17, 15) is 9.90 Å². The summed E-state index contributed by atoms with van der Waals surface area (Å²) in [4.78, 5) is 17.0. The Balaban J connectivity index is 1.51. The molecule has 158 valence electrons. The van der Waals surface area contributed by atoms with E-state index in [2.05, 4.69) is 15.5 Å². The maximum Gasteiger partial charge on any atom is 0.257 e. The van der Waals surface area contributed by atoms with Crippen LogP contribution in [0.2, 0.25) is 0 Å². The number of pyridine rings is 1. The van der Waals surface area contributed by atoms with Crippen molar-refractivity contribution >= 4 is 16.9 Å². The number of aromatic nitrogens is 2. The van der Waals surface area contributed by atoms with Gasteiger partial charge in [-0.25, -0.2) is 4.98 Å². The molecule has 0 atom stereocenters. The van der Waals surface area contributed by atoms with Crippen molar-refractivity contribution in [1.82, 2.24) is 15.5 Å². The largest absolute Gasteiger partial charge is 0.434 e. The molecule has 0 fully saturated rings. The molecule has 2 aromatic heterocycles. The van der Waals surface area contributed by atoms with E-state index in [-0.39, 0.29) is 11.8 Å². The van der Waals surface area contributed by atoms with Crippen LogP contribution in [0.25, 0.3) is 11.0 Å². The molecule has 2 aromatic carbocycles. The van der Waals surface area contributed by atoms with Gasteiger partial charge in [0.15, 0.2) is 5.75 Å². The Morgan fingerprint density at radius 3 is 2.65 bits per heavy atom. The van der Waals surface area contributed by atoms with Gasteiger partial charge in [-0.3, -0.25) is 4.79 Å². The second kappa shape index (κ2) is 8.20. The number of rotatable bonds is 6. The van der Waals surface area contributed by atoms with Crippen molar-refractivity contribution in [3.8, 4) is 11.6 Å². The standard InChI is InChI=1S/C24H23N3O4/c1-15-18-6-4-8-20(21(18)31-27-15)30-23-19(7-5-13-25-23)22(28)26-14-16-9-11-17(12-10-16)24(2,3)29/h4-13,29H,14H2,1-3H3,(H,26,28). The average molecular weight is 417 g/mol. The summed E-state index contributed by atoms with van der Waals surface area (Å²) >= 11 is 0. The minimum absolute atomic E-state index is 0.180. The van der Waals surface area contributed by atoms with Gasteiger partial charge < -0.3 is 19.7 Å². The van der Waals surface area contributed by atoms with Crippen molar-refractivity contribution in [1.29, 1.82) is 0 Å². The maximum absolute atomic E-state index is 12.8. The molecule has 0 saturated carbocycles. The number of hydrogen-bond acceptors (Lipinski definition) is 6. The summed E-state index contributed by atoms with van der Waals surface area (Å²) in [6.45, 7) is 5.64. The van der Waals surface area contributed by atoms with Gasteiger partial charge in [0.2, 0.25) is 11.5 Å². The molecule has 31 heavy (non-hydrogen) atoms. The molecule has 0 radical (unpaired) electrons. The van der Waals surface area contributed by atoms with E-state index in [1.807, 2.05) is 43.3 Å². The predicted molar refractivity (Wildman–Crippen MR) is 116 cm³/mol. The molecule has 4 aromatic rings. The average Bonchev–Trinajstić information content (AvgIpc) is 3.14. The van der Waals surface area contributed by atoms with E-state index in [4.69, 9.17) is 9.26 Å². The number of ether oxygens (including phenoxy) is 1. The monoisotopic (exact) mass is 417 g/mol. The molecule has 7 nitrogen and oxygen atoms in total. The number of benzene rings is 2. The van der Waals surface area contributed by atoms with Crippen LogP contribution in [0, 0.1) is 6.92 Å². The molecule has 2 heterocycles. The summed E-state index contributed by atoms with van der Waals surface area (Å²) in [5, 5.41) is 17.8. The highest BCUT2D eigenvalue weighted by atomic mass is 16.5. The van der Waals surface area contributed by atoms with Crippen molar-refractivity contribution in [2.75, 3.05) is 0 Å². The molecular formula is C24H23N3O4. The van der Waals surface area contributed by atoms with Gasteiger partial charge in [0.25, 0.3) is 5.91 Å². The van der Waals surface area contributed by atoms with E-state index in [1.54, 1.807) is 38.2 Å². The van der Waals surface area contributed by atoms with Gasteiger partial charge in [-0.15, -0.1) is 0 Å². The number of aliphatic hydroxyl groups is 1. The zero-order chi connectivity index (χ0) is 22.0.